The zero-order valence-electron chi connectivity index (χ0n) is 20.9. The van der Waals surface area contributed by atoms with Gasteiger partial charge in [-0.2, -0.15) is 15.4 Å². The Morgan fingerprint density at radius 2 is 1.83 bits per heavy atom. The minimum Gasteiger partial charge on any atom is -0.359 e. The van der Waals surface area contributed by atoms with Gasteiger partial charge in [0.1, 0.15) is 0 Å². The van der Waals surface area contributed by atoms with Crippen LogP contribution < -0.4 is 16.0 Å². The van der Waals surface area contributed by atoms with E-state index in [4.69, 9.17) is 4.99 Å². The van der Waals surface area contributed by atoms with Crippen LogP contribution in [0.15, 0.2) is 65.9 Å². The van der Waals surface area contributed by atoms with Crippen molar-refractivity contribution in [1.29, 1.82) is 0 Å². The first-order valence-corrected chi connectivity index (χ1v) is 12.8. The largest absolute Gasteiger partial charge is 0.359 e. The summed E-state index contributed by atoms with van der Waals surface area (Å²) < 4.78 is 0. The standard InChI is InChI=1S/C29H33N7/c1-18-8-10-24(32-19(2)20-9-11-27-28(14-20)35-36-34-27)15-26(18)23-16-30-29(3,31-17-23)33-25-12-21-6-4-5-7-22(21)13-25/h4-8,10,15-17,20,25,30,32-33H,2,9,11-14H2,1,3H3,(H,34,35,36)/t20-,29-/m0/s1. The van der Waals surface area contributed by atoms with Crippen LogP contribution in [0.25, 0.3) is 5.57 Å². The van der Waals surface area contributed by atoms with Crippen molar-refractivity contribution in [2.24, 2.45) is 10.9 Å². The minimum atomic E-state index is -0.519. The Kier molecular flexibility index (Phi) is 5.72. The smallest absolute Gasteiger partial charge is 0.181 e. The number of aromatic amines is 1. The summed E-state index contributed by atoms with van der Waals surface area (Å²) >= 11 is 0. The van der Waals surface area contributed by atoms with Crippen molar-refractivity contribution in [3.8, 4) is 0 Å². The number of rotatable bonds is 6. The second-order valence-corrected chi connectivity index (χ2v) is 10.4. The average Bonchev–Trinajstić information content (AvgIpc) is 3.51. The third-order valence-electron chi connectivity index (χ3n) is 7.73. The van der Waals surface area contributed by atoms with Crippen molar-refractivity contribution in [1.82, 2.24) is 26.0 Å². The van der Waals surface area contributed by atoms with Crippen molar-refractivity contribution >= 4 is 17.5 Å². The second kappa shape index (κ2) is 9.06. The molecular formula is C29H33N7. The van der Waals surface area contributed by atoms with Crippen molar-refractivity contribution in [2.45, 2.75) is 57.8 Å². The number of hydrogen-bond donors (Lipinski definition) is 4. The Bertz CT molecular complexity index is 1340. The van der Waals surface area contributed by atoms with Gasteiger partial charge in [-0.25, -0.2) is 0 Å². The molecule has 7 nitrogen and oxygen atoms in total. The number of nitrogens with one attached hydrogen (secondary N) is 4. The summed E-state index contributed by atoms with van der Waals surface area (Å²) in [5.41, 5.74) is 10.5. The number of allylic oxidation sites excluding steroid dienone is 2. The van der Waals surface area contributed by atoms with Gasteiger partial charge >= 0.3 is 0 Å². The number of aromatic nitrogens is 3. The number of aliphatic imine (C=N–C) groups is 1. The number of aryl methyl sites for hydroxylation is 2. The van der Waals surface area contributed by atoms with Crippen molar-refractivity contribution in [2.75, 3.05) is 5.32 Å². The Hall–Kier alpha value is -3.71. The van der Waals surface area contributed by atoms with Crippen LogP contribution in [0.1, 0.15) is 47.0 Å². The molecule has 0 bridgehead atoms. The van der Waals surface area contributed by atoms with Gasteiger partial charge in [-0.1, -0.05) is 36.9 Å². The summed E-state index contributed by atoms with van der Waals surface area (Å²) in [6.45, 7) is 8.58. The van der Waals surface area contributed by atoms with E-state index in [1.54, 1.807) is 0 Å². The molecule has 0 saturated carbocycles. The summed E-state index contributed by atoms with van der Waals surface area (Å²) in [5.74, 6) is -0.173. The maximum Gasteiger partial charge on any atom is 0.181 e. The third kappa shape index (κ3) is 4.46. The Morgan fingerprint density at radius 3 is 2.58 bits per heavy atom. The molecule has 3 aromatic rings. The van der Waals surface area contributed by atoms with Crippen LogP contribution in [-0.2, 0) is 25.7 Å². The van der Waals surface area contributed by atoms with E-state index in [9.17, 15) is 0 Å². The lowest BCUT2D eigenvalue weighted by molar-refractivity contribution is 0.290. The van der Waals surface area contributed by atoms with E-state index >= 15 is 0 Å². The highest BCUT2D eigenvalue weighted by Crippen LogP contribution is 2.30. The number of hydrogen-bond acceptors (Lipinski definition) is 6. The predicted molar refractivity (Wildman–Crippen MR) is 145 cm³/mol. The van der Waals surface area contributed by atoms with Crippen LogP contribution >= 0.6 is 0 Å². The summed E-state index contributed by atoms with van der Waals surface area (Å²) in [4.78, 5) is 4.90. The molecule has 1 aromatic heterocycles. The Balaban J connectivity index is 1.11. The number of benzene rings is 2. The molecule has 0 unspecified atom stereocenters. The van der Waals surface area contributed by atoms with Crippen LogP contribution in [0.3, 0.4) is 0 Å². The molecule has 0 saturated heterocycles. The quantitative estimate of drug-likeness (QED) is 0.424. The minimum absolute atomic E-state index is 0.345. The first kappa shape index (κ1) is 22.7. The number of H-pyrrole nitrogens is 1. The number of anilines is 1. The highest BCUT2D eigenvalue weighted by Gasteiger charge is 2.31. The average molecular weight is 480 g/mol. The van der Waals surface area contributed by atoms with Gasteiger partial charge in [0.2, 0.25) is 0 Å². The zero-order valence-corrected chi connectivity index (χ0v) is 20.9. The molecule has 2 aliphatic carbocycles. The molecule has 6 rings (SSSR count). The number of fused-ring (bicyclic) bond motifs is 2. The lowest BCUT2D eigenvalue weighted by Crippen LogP contribution is -2.56. The Labute approximate surface area is 212 Å². The summed E-state index contributed by atoms with van der Waals surface area (Å²) in [6.07, 6.45) is 8.98. The highest BCUT2D eigenvalue weighted by molar-refractivity contribution is 6.11. The molecule has 3 aliphatic rings. The fourth-order valence-electron chi connectivity index (χ4n) is 5.66. The molecule has 4 N–H and O–H groups in total. The fraction of sp³-hybridized carbons (Fsp3) is 0.345. The summed E-state index contributed by atoms with van der Waals surface area (Å²) in [6, 6.07) is 15.5. The first-order valence-electron chi connectivity index (χ1n) is 12.8. The van der Waals surface area contributed by atoms with E-state index in [-0.39, 0.29) is 0 Å². The second-order valence-electron chi connectivity index (χ2n) is 10.4. The molecule has 1 aliphatic heterocycles. The maximum absolute atomic E-state index is 4.90. The fourth-order valence-corrected chi connectivity index (χ4v) is 5.66. The molecular weight excluding hydrogens is 446 g/mol. The summed E-state index contributed by atoms with van der Waals surface area (Å²) in [7, 11) is 0. The van der Waals surface area contributed by atoms with E-state index in [1.165, 1.54) is 16.7 Å². The van der Waals surface area contributed by atoms with Gasteiger partial charge in [0, 0.05) is 47.8 Å². The SMILES string of the molecule is C=C(Nc1ccc(C)c(C2=CN[C@](C)(NC3Cc4ccccc4C3)N=C2)c1)[C@H]1CCc2n[nH]nc2C1. The van der Waals surface area contributed by atoms with Crippen LogP contribution in [0.5, 0.6) is 0 Å². The van der Waals surface area contributed by atoms with Crippen molar-refractivity contribution < 1.29 is 0 Å². The molecule has 184 valence electrons. The van der Waals surface area contributed by atoms with E-state index < -0.39 is 5.79 Å². The molecule has 0 fully saturated rings. The molecule has 7 heteroatoms. The normalized spacial score (nSPS) is 22.9. The van der Waals surface area contributed by atoms with Gasteiger partial charge < -0.3 is 10.6 Å². The molecule has 0 spiro atoms. The van der Waals surface area contributed by atoms with Crippen LogP contribution in [0.2, 0.25) is 0 Å². The van der Waals surface area contributed by atoms with Gasteiger partial charge in [-0.05, 0) is 73.9 Å². The van der Waals surface area contributed by atoms with Crippen molar-refractivity contribution in [3.05, 3.63) is 94.6 Å². The van der Waals surface area contributed by atoms with Crippen molar-refractivity contribution in [3.63, 3.8) is 0 Å². The molecule has 36 heavy (non-hydrogen) atoms. The van der Waals surface area contributed by atoms with Crippen LogP contribution in [0.4, 0.5) is 5.69 Å². The molecule has 2 aromatic carbocycles. The zero-order chi connectivity index (χ0) is 24.7. The summed E-state index contributed by atoms with van der Waals surface area (Å²) in [5, 5.41) is 22.1. The van der Waals surface area contributed by atoms with Gasteiger partial charge in [-0.3, -0.25) is 10.3 Å². The molecule has 0 amide bonds. The lowest BCUT2D eigenvalue weighted by atomic mass is 9.87. The maximum atomic E-state index is 4.90. The van der Waals surface area contributed by atoms with Gasteiger partial charge in [-0.15, -0.1) is 0 Å². The Morgan fingerprint density at radius 1 is 1.06 bits per heavy atom. The van der Waals surface area contributed by atoms with E-state index in [2.05, 4.69) is 100 Å². The van der Waals surface area contributed by atoms with E-state index in [1.807, 2.05) is 6.21 Å². The topological polar surface area (TPSA) is 90.0 Å². The van der Waals surface area contributed by atoms with Gasteiger partial charge in [0.15, 0.2) is 5.79 Å². The van der Waals surface area contributed by atoms with E-state index in [0.717, 1.165) is 66.0 Å². The van der Waals surface area contributed by atoms with E-state index in [0.29, 0.717) is 12.0 Å². The monoisotopic (exact) mass is 479 g/mol. The highest BCUT2D eigenvalue weighted by atomic mass is 15.3. The lowest BCUT2D eigenvalue weighted by Gasteiger charge is -2.33. The van der Waals surface area contributed by atoms with Gasteiger partial charge in [0.05, 0.1) is 11.4 Å². The predicted octanol–water partition coefficient (Wildman–Crippen LogP) is 4.29. The van der Waals surface area contributed by atoms with Gasteiger partial charge in [0.25, 0.3) is 0 Å². The molecule has 0 radical (unpaired) electrons. The van der Waals surface area contributed by atoms with Crippen LogP contribution in [-0.4, -0.2) is 33.5 Å². The molecule has 2 atom stereocenters. The molecule has 2 heterocycles. The van der Waals surface area contributed by atoms with Crippen LogP contribution in [0, 0.1) is 12.8 Å². The third-order valence-corrected chi connectivity index (χ3v) is 7.73. The number of nitrogens with zero attached hydrogens (tertiary/aromatic N) is 3. The first-order chi connectivity index (χ1) is 17.5.